The highest BCUT2D eigenvalue weighted by Gasteiger charge is 2.43. The Kier molecular flexibility index (Phi) is 9.52. The number of aromatic amines is 1. The summed E-state index contributed by atoms with van der Waals surface area (Å²) in [5.41, 5.74) is 2.67. The first-order valence-corrected chi connectivity index (χ1v) is 15.4. The van der Waals surface area contributed by atoms with Gasteiger partial charge in [0.15, 0.2) is 11.4 Å². The third-order valence-corrected chi connectivity index (χ3v) is 9.23. The lowest BCUT2D eigenvalue weighted by Gasteiger charge is -2.40. The van der Waals surface area contributed by atoms with Crippen molar-refractivity contribution >= 4 is 17.1 Å². The number of nitrogens with one attached hydrogen (secondary N) is 1. The van der Waals surface area contributed by atoms with Crippen LogP contribution >= 0.6 is 11.3 Å². The normalized spacial score (nSPS) is 17.4. The van der Waals surface area contributed by atoms with Gasteiger partial charge in [-0.05, 0) is 74.3 Å². The number of hydrogen-bond donors (Lipinski definition) is 3. The van der Waals surface area contributed by atoms with Crippen molar-refractivity contribution in [3.05, 3.63) is 66.6 Å². The zero-order valence-electron chi connectivity index (χ0n) is 25.1. The molecule has 0 saturated heterocycles. The molecule has 4 rings (SSSR count). The predicted octanol–water partition coefficient (Wildman–Crippen LogP) is 7.39. The second-order valence-electron chi connectivity index (χ2n) is 12.2. The van der Waals surface area contributed by atoms with Crippen LogP contribution in [0.5, 0.6) is 23.1 Å². The summed E-state index contributed by atoms with van der Waals surface area (Å²) in [6, 6.07) is 7.54. The third kappa shape index (κ3) is 7.15. The van der Waals surface area contributed by atoms with Gasteiger partial charge in [0.2, 0.25) is 5.88 Å². The molecule has 0 bridgehead atoms. The molecule has 2 aromatic carbocycles. The van der Waals surface area contributed by atoms with Gasteiger partial charge in [-0.1, -0.05) is 63.5 Å². The number of carbonyl (C=O) groups excluding carboxylic acids is 1. The van der Waals surface area contributed by atoms with Gasteiger partial charge in [-0.2, -0.15) is 0 Å². The van der Waals surface area contributed by atoms with Gasteiger partial charge in [-0.25, -0.2) is 0 Å². The molecular formula is C33H43NO6S. The topological polar surface area (TPSA) is 109 Å². The highest BCUT2D eigenvalue weighted by molar-refractivity contribution is 7.09. The Labute approximate surface area is 246 Å². The van der Waals surface area contributed by atoms with Gasteiger partial charge in [0.25, 0.3) is 0 Å². The van der Waals surface area contributed by atoms with Gasteiger partial charge >= 0.3 is 4.87 Å². The van der Waals surface area contributed by atoms with E-state index in [4.69, 9.17) is 9.47 Å². The zero-order chi connectivity index (χ0) is 29.9. The molecule has 1 aromatic heterocycles. The van der Waals surface area contributed by atoms with Crippen LogP contribution in [-0.2, 0) is 6.42 Å². The number of aromatic hydroxyl groups is 2. The second-order valence-corrected chi connectivity index (χ2v) is 13.2. The molecule has 0 radical (unpaired) electrons. The fourth-order valence-corrected chi connectivity index (χ4v) is 6.36. The summed E-state index contributed by atoms with van der Waals surface area (Å²) in [4.78, 5) is 27.8. The van der Waals surface area contributed by atoms with Crippen LogP contribution < -0.4 is 14.3 Å². The first-order chi connectivity index (χ1) is 19.4. The van der Waals surface area contributed by atoms with E-state index in [1.807, 2.05) is 38.1 Å². The van der Waals surface area contributed by atoms with Crippen LogP contribution in [-0.4, -0.2) is 33.2 Å². The molecule has 2 heterocycles. The Morgan fingerprint density at radius 2 is 1.71 bits per heavy atom. The molecule has 7 nitrogen and oxygen atoms in total. The fourth-order valence-electron chi connectivity index (χ4n) is 5.60. The number of benzene rings is 2. The van der Waals surface area contributed by atoms with E-state index in [9.17, 15) is 19.8 Å². The van der Waals surface area contributed by atoms with Crippen LogP contribution in [0.25, 0.3) is 0 Å². The van der Waals surface area contributed by atoms with E-state index in [-0.39, 0.29) is 35.3 Å². The molecule has 0 aliphatic carbocycles. The molecular weight excluding hydrogens is 538 g/mol. The summed E-state index contributed by atoms with van der Waals surface area (Å²) < 4.78 is 13.0. The lowest BCUT2D eigenvalue weighted by Crippen LogP contribution is -2.47. The van der Waals surface area contributed by atoms with Crippen molar-refractivity contribution < 1.29 is 24.5 Å². The van der Waals surface area contributed by atoms with Gasteiger partial charge in [0.1, 0.15) is 23.9 Å². The number of ketones is 1. The Morgan fingerprint density at radius 3 is 2.34 bits per heavy atom. The Bertz CT molecular complexity index is 1440. The number of fused-ring (bicyclic) bond motifs is 1. The Morgan fingerprint density at radius 1 is 1.00 bits per heavy atom. The lowest BCUT2D eigenvalue weighted by molar-refractivity contribution is -0.00566. The van der Waals surface area contributed by atoms with Gasteiger partial charge in [0, 0.05) is 12.0 Å². The first kappa shape index (κ1) is 30.7. The number of thiazole rings is 1. The van der Waals surface area contributed by atoms with Crippen LogP contribution in [0, 0.1) is 32.6 Å². The lowest BCUT2D eigenvalue weighted by atomic mass is 9.81. The molecule has 0 saturated carbocycles. The minimum atomic E-state index is -0.821. The monoisotopic (exact) mass is 581 g/mol. The van der Waals surface area contributed by atoms with Crippen LogP contribution in [0.2, 0.25) is 0 Å². The third-order valence-electron chi connectivity index (χ3n) is 8.36. The summed E-state index contributed by atoms with van der Waals surface area (Å²) >= 11 is 0.998. The maximum atomic E-state index is 13.6. The number of phenols is 1. The minimum absolute atomic E-state index is 0.0288. The number of hydrogen-bond acceptors (Lipinski definition) is 7. The molecule has 8 heteroatoms. The van der Waals surface area contributed by atoms with Crippen molar-refractivity contribution in [1.29, 1.82) is 0 Å². The van der Waals surface area contributed by atoms with E-state index in [2.05, 4.69) is 25.8 Å². The maximum Gasteiger partial charge on any atom is 0.307 e. The summed E-state index contributed by atoms with van der Waals surface area (Å²) in [7, 11) is 0. The SMILES string of the molecule is Cc1c(C)c2c(c(C)c1O)C(=O)CC(CCC(C)CCCC(C)C)(COc1ccc(Cc3sc(=O)[nH]c3O)cc1)O2. The zero-order valence-corrected chi connectivity index (χ0v) is 25.9. The van der Waals surface area contributed by atoms with Gasteiger partial charge in [0.05, 0.1) is 16.9 Å². The van der Waals surface area contributed by atoms with E-state index in [1.54, 1.807) is 6.92 Å². The summed E-state index contributed by atoms with van der Waals surface area (Å²) in [5.74, 6) is 2.43. The number of rotatable bonds is 12. The number of phenolic OH excluding ortho intramolecular Hbond substituents is 1. The van der Waals surface area contributed by atoms with Crippen molar-refractivity contribution in [3.8, 4) is 23.1 Å². The molecule has 1 aliphatic heterocycles. The van der Waals surface area contributed by atoms with Gasteiger partial charge in [-0.3, -0.25) is 14.6 Å². The predicted molar refractivity (Wildman–Crippen MR) is 163 cm³/mol. The average molecular weight is 582 g/mol. The van der Waals surface area contributed by atoms with Crippen molar-refractivity contribution in [2.45, 2.75) is 92.1 Å². The number of ether oxygens (including phenoxy) is 2. The number of H-pyrrole nitrogens is 1. The number of aromatic nitrogens is 1. The second kappa shape index (κ2) is 12.7. The fraction of sp³-hybridized carbons (Fsp3) is 0.515. The highest BCUT2D eigenvalue weighted by Crippen LogP contribution is 2.45. The van der Waals surface area contributed by atoms with Crippen molar-refractivity contribution in [3.63, 3.8) is 0 Å². The van der Waals surface area contributed by atoms with Crippen LogP contribution in [0.4, 0.5) is 0 Å². The number of Topliss-reactive ketones (excluding diaryl/α,β-unsaturated/α-hetero) is 1. The highest BCUT2D eigenvalue weighted by atomic mass is 32.1. The van der Waals surface area contributed by atoms with Crippen LogP contribution in [0.3, 0.4) is 0 Å². The van der Waals surface area contributed by atoms with E-state index < -0.39 is 5.60 Å². The molecule has 3 aromatic rings. The molecule has 0 fully saturated rings. The molecule has 1 aliphatic rings. The van der Waals surface area contributed by atoms with E-state index in [0.29, 0.717) is 52.2 Å². The van der Waals surface area contributed by atoms with Crippen molar-refractivity contribution in [1.82, 2.24) is 4.98 Å². The van der Waals surface area contributed by atoms with Gasteiger partial charge < -0.3 is 19.7 Å². The maximum absolute atomic E-state index is 13.6. The molecule has 41 heavy (non-hydrogen) atoms. The van der Waals surface area contributed by atoms with E-state index in [1.165, 1.54) is 12.8 Å². The number of carbonyl (C=O) groups is 1. The largest absolute Gasteiger partial charge is 0.507 e. The standard InChI is InChI=1S/C33H43NO6S/c1-19(2)8-7-9-20(3)14-15-33(17-26(35)28-23(6)29(36)21(4)22(5)30(28)40-33)18-39-25-12-10-24(11-13-25)16-27-31(37)34-32(38)41-27/h10-13,19-20,36-37H,7-9,14-18H2,1-6H3,(H,34,38). The smallest absolute Gasteiger partial charge is 0.307 e. The van der Waals surface area contributed by atoms with Crippen molar-refractivity contribution in [2.75, 3.05) is 6.61 Å². The summed E-state index contributed by atoms with van der Waals surface area (Å²) in [6.07, 6.45) is 5.76. The quantitative estimate of drug-likeness (QED) is 0.206. The summed E-state index contributed by atoms with van der Waals surface area (Å²) in [5, 5.41) is 20.5. The van der Waals surface area contributed by atoms with Crippen molar-refractivity contribution in [2.24, 2.45) is 11.8 Å². The molecule has 222 valence electrons. The average Bonchev–Trinajstić information content (AvgIpc) is 3.24. The molecule has 0 amide bonds. The van der Waals surface area contributed by atoms with Crippen LogP contribution in [0.15, 0.2) is 29.1 Å². The van der Waals surface area contributed by atoms with E-state index in [0.717, 1.165) is 40.9 Å². The molecule has 2 unspecified atom stereocenters. The van der Waals surface area contributed by atoms with Gasteiger partial charge in [-0.15, -0.1) is 0 Å². The van der Waals surface area contributed by atoms with E-state index >= 15 is 0 Å². The minimum Gasteiger partial charge on any atom is -0.507 e. The Balaban J connectivity index is 1.53. The first-order valence-electron chi connectivity index (χ1n) is 14.6. The van der Waals surface area contributed by atoms with Crippen LogP contribution in [0.1, 0.15) is 96.8 Å². The summed E-state index contributed by atoms with van der Waals surface area (Å²) in [6.45, 7) is 12.5. The molecule has 2 atom stereocenters. The Hall–Kier alpha value is -3.26. The molecule has 3 N–H and O–H groups in total. The molecule has 0 spiro atoms.